The highest BCUT2D eigenvalue weighted by molar-refractivity contribution is 5.85. The number of hydrogen-bond acceptors (Lipinski definition) is 2. The molecule has 1 saturated heterocycles. The Morgan fingerprint density at radius 2 is 2.30 bits per heavy atom. The normalized spacial score (nSPS) is 20.1. The lowest BCUT2D eigenvalue weighted by Crippen LogP contribution is -2.53. The maximum atomic E-state index is 13.1. The number of rotatable bonds is 3. The molecule has 1 aromatic rings. The van der Waals surface area contributed by atoms with Crippen molar-refractivity contribution >= 4 is 18.3 Å². The van der Waals surface area contributed by atoms with Crippen molar-refractivity contribution in [1.29, 1.82) is 0 Å². The zero-order valence-corrected chi connectivity index (χ0v) is 12.8. The molecule has 0 bridgehead atoms. The van der Waals surface area contributed by atoms with Gasteiger partial charge in [-0.15, -0.1) is 12.4 Å². The average molecular weight is 301 g/mol. The summed E-state index contributed by atoms with van der Waals surface area (Å²) in [6.45, 7) is 6.43. The number of carbonyl (C=O) groups is 1. The van der Waals surface area contributed by atoms with Crippen LogP contribution < -0.4 is 5.32 Å². The number of benzene rings is 1. The maximum absolute atomic E-state index is 13.1. The molecule has 1 aromatic carbocycles. The molecule has 0 saturated carbocycles. The zero-order chi connectivity index (χ0) is 13.8. The molecule has 0 aromatic heterocycles. The van der Waals surface area contributed by atoms with Crippen LogP contribution in [0.3, 0.4) is 0 Å². The van der Waals surface area contributed by atoms with E-state index in [2.05, 4.69) is 12.2 Å². The Morgan fingerprint density at radius 1 is 1.55 bits per heavy atom. The van der Waals surface area contributed by atoms with E-state index in [1.165, 1.54) is 12.1 Å². The van der Waals surface area contributed by atoms with E-state index in [4.69, 9.17) is 0 Å². The number of hydrogen-bond donors (Lipinski definition) is 1. The molecule has 1 amide bonds. The summed E-state index contributed by atoms with van der Waals surface area (Å²) in [4.78, 5) is 14.3. The summed E-state index contributed by atoms with van der Waals surface area (Å²) in [5, 5.41) is 3.27. The lowest BCUT2D eigenvalue weighted by atomic mass is 9.98. The average Bonchev–Trinajstić information content (AvgIpc) is 2.38. The van der Waals surface area contributed by atoms with Gasteiger partial charge >= 0.3 is 0 Å². The Bertz CT molecular complexity index is 455. The summed E-state index contributed by atoms with van der Waals surface area (Å²) in [6.07, 6.45) is 0.591. The van der Waals surface area contributed by atoms with Crippen molar-refractivity contribution in [3.63, 3.8) is 0 Å². The Morgan fingerprint density at radius 3 is 2.95 bits per heavy atom. The van der Waals surface area contributed by atoms with Crippen LogP contribution in [0, 0.1) is 11.7 Å². The fraction of sp³-hybridized carbons (Fsp3) is 0.533. The molecule has 2 rings (SSSR count). The van der Waals surface area contributed by atoms with Crippen LogP contribution in [0.1, 0.15) is 19.4 Å². The van der Waals surface area contributed by atoms with E-state index >= 15 is 0 Å². The third kappa shape index (κ3) is 4.18. The molecule has 0 radical (unpaired) electrons. The molecule has 1 N–H and O–H groups in total. The first-order valence-electron chi connectivity index (χ1n) is 6.83. The SMILES string of the molecule is CC(Cc1cccc(F)c1)C(=O)N1CCNC[C@H]1C.Cl. The van der Waals surface area contributed by atoms with Gasteiger partial charge in [0.1, 0.15) is 5.82 Å². The molecule has 0 spiro atoms. The lowest BCUT2D eigenvalue weighted by Gasteiger charge is -2.35. The van der Waals surface area contributed by atoms with Crippen LogP contribution in [0.2, 0.25) is 0 Å². The first kappa shape index (κ1) is 16.9. The molecule has 5 heteroatoms. The van der Waals surface area contributed by atoms with Crippen LogP contribution >= 0.6 is 12.4 Å². The number of nitrogens with zero attached hydrogens (tertiary/aromatic N) is 1. The van der Waals surface area contributed by atoms with Crippen molar-refractivity contribution in [2.45, 2.75) is 26.3 Å². The second-order valence-corrected chi connectivity index (χ2v) is 5.32. The first-order valence-corrected chi connectivity index (χ1v) is 6.83. The van der Waals surface area contributed by atoms with Gasteiger partial charge in [0.2, 0.25) is 5.91 Å². The van der Waals surface area contributed by atoms with E-state index in [1.807, 2.05) is 17.9 Å². The van der Waals surface area contributed by atoms with Gasteiger partial charge in [0, 0.05) is 31.6 Å². The van der Waals surface area contributed by atoms with Gasteiger partial charge in [0.05, 0.1) is 0 Å². The van der Waals surface area contributed by atoms with Crippen LogP contribution in [-0.2, 0) is 11.2 Å². The first-order chi connectivity index (χ1) is 9.08. The minimum atomic E-state index is -0.243. The zero-order valence-electron chi connectivity index (χ0n) is 11.9. The minimum Gasteiger partial charge on any atom is -0.337 e. The van der Waals surface area contributed by atoms with E-state index in [0.29, 0.717) is 6.42 Å². The number of amides is 1. The van der Waals surface area contributed by atoms with Gasteiger partial charge in [0.25, 0.3) is 0 Å². The number of piperazine rings is 1. The van der Waals surface area contributed by atoms with Crippen molar-refractivity contribution in [3.8, 4) is 0 Å². The summed E-state index contributed by atoms with van der Waals surface area (Å²) >= 11 is 0. The predicted molar refractivity (Wildman–Crippen MR) is 80.6 cm³/mol. The highest BCUT2D eigenvalue weighted by Crippen LogP contribution is 2.15. The standard InChI is InChI=1S/C15H21FN2O.ClH/c1-11(8-13-4-3-5-14(16)9-13)15(19)18-7-6-17-10-12(18)2;/h3-5,9,11-12,17H,6-8,10H2,1-2H3;1H/t11?,12-;/m1./s1. The second-order valence-electron chi connectivity index (χ2n) is 5.32. The molecule has 1 unspecified atom stereocenters. The summed E-state index contributed by atoms with van der Waals surface area (Å²) in [5.41, 5.74) is 0.878. The van der Waals surface area contributed by atoms with Crippen molar-refractivity contribution in [1.82, 2.24) is 10.2 Å². The van der Waals surface area contributed by atoms with Gasteiger partial charge in [-0.2, -0.15) is 0 Å². The van der Waals surface area contributed by atoms with Gasteiger partial charge < -0.3 is 10.2 Å². The number of carbonyl (C=O) groups excluding carboxylic acids is 1. The fourth-order valence-electron chi connectivity index (χ4n) is 2.56. The number of halogens is 2. The summed E-state index contributed by atoms with van der Waals surface area (Å²) in [7, 11) is 0. The molecule has 1 fully saturated rings. The van der Waals surface area contributed by atoms with Crippen molar-refractivity contribution in [2.24, 2.45) is 5.92 Å². The topological polar surface area (TPSA) is 32.3 Å². The van der Waals surface area contributed by atoms with E-state index in [-0.39, 0.29) is 36.1 Å². The number of nitrogens with one attached hydrogen (secondary N) is 1. The molecular weight excluding hydrogens is 279 g/mol. The highest BCUT2D eigenvalue weighted by atomic mass is 35.5. The molecular formula is C15H22ClFN2O. The largest absolute Gasteiger partial charge is 0.337 e. The Hall–Kier alpha value is -1.13. The van der Waals surface area contributed by atoms with Crippen LogP contribution in [0.25, 0.3) is 0 Å². The summed E-state index contributed by atoms with van der Waals surface area (Å²) in [6, 6.07) is 6.72. The predicted octanol–water partition coefficient (Wildman–Crippen LogP) is 2.25. The summed E-state index contributed by atoms with van der Waals surface area (Å²) in [5.74, 6) is -0.187. The fourth-order valence-corrected chi connectivity index (χ4v) is 2.56. The molecule has 2 atom stereocenters. The third-order valence-corrected chi connectivity index (χ3v) is 3.64. The maximum Gasteiger partial charge on any atom is 0.226 e. The van der Waals surface area contributed by atoms with E-state index in [0.717, 1.165) is 25.2 Å². The van der Waals surface area contributed by atoms with Crippen LogP contribution in [0.15, 0.2) is 24.3 Å². The molecule has 1 aliphatic heterocycles. The van der Waals surface area contributed by atoms with Crippen LogP contribution in [-0.4, -0.2) is 36.5 Å². The van der Waals surface area contributed by atoms with Gasteiger partial charge in [-0.3, -0.25) is 4.79 Å². The quantitative estimate of drug-likeness (QED) is 0.928. The molecule has 3 nitrogen and oxygen atoms in total. The van der Waals surface area contributed by atoms with Gasteiger partial charge in [-0.05, 0) is 31.0 Å². The van der Waals surface area contributed by atoms with E-state index in [9.17, 15) is 9.18 Å². The highest BCUT2D eigenvalue weighted by Gasteiger charge is 2.26. The van der Waals surface area contributed by atoms with Crippen LogP contribution in [0.4, 0.5) is 4.39 Å². The third-order valence-electron chi connectivity index (χ3n) is 3.64. The van der Waals surface area contributed by atoms with Gasteiger partial charge in [-0.25, -0.2) is 4.39 Å². The van der Waals surface area contributed by atoms with Crippen molar-refractivity contribution < 1.29 is 9.18 Å². The Labute approximate surface area is 125 Å². The van der Waals surface area contributed by atoms with Gasteiger partial charge in [-0.1, -0.05) is 19.1 Å². The van der Waals surface area contributed by atoms with E-state index < -0.39 is 0 Å². The molecule has 112 valence electrons. The lowest BCUT2D eigenvalue weighted by molar-refractivity contribution is -0.137. The van der Waals surface area contributed by atoms with Crippen molar-refractivity contribution in [3.05, 3.63) is 35.6 Å². The molecule has 1 heterocycles. The smallest absolute Gasteiger partial charge is 0.226 e. The Balaban J connectivity index is 0.00000200. The molecule has 0 aliphatic carbocycles. The molecule has 1 aliphatic rings. The minimum absolute atomic E-state index is 0. The van der Waals surface area contributed by atoms with Crippen LogP contribution in [0.5, 0.6) is 0 Å². The van der Waals surface area contributed by atoms with Crippen molar-refractivity contribution in [2.75, 3.05) is 19.6 Å². The Kier molecular flexibility index (Phi) is 6.43. The second kappa shape index (κ2) is 7.60. The summed E-state index contributed by atoms with van der Waals surface area (Å²) < 4.78 is 13.1. The van der Waals surface area contributed by atoms with E-state index in [1.54, 1.807) is 6.07 Å². The van der Waals surface area contributed by atoms with Gasteiger partial charge in [0.15, 0.2) is 0 Å². The monoisotopic (exact) mass is 300 g/mol. The molecule has 20 heavy (non-hydrogen) atoms.